The van der Waals surface area contributed by atoms with Gasteiger partial charge in [-0.15, -0.1) is 0 Å². The molecule has 3 aromatic carbocycles. The van der Waals surface area contributed by atoms with Crippen molar-refractivity contribution in [2.24, 2.45) is 0 Å². The van der Waals surface area contributed by atoms with Crippen LogP contribution in [-0.2, 0) is 0 Å². The number of hydrogen-bond acceptors (Lipinski definition) is 5. The molecule has 1 aromatic heterocycles. The fourth-order valence-corrected chi connectivity index (χ4v) is 6.81. The predicted octanol–water partition coefficient (Wildman–Crippen LogP) is 6.61. The molecule has 1 saturated heterocycles. The van der Waals surface area contributed by atoms with E-state index >= 15 is 0 Å². The number of hydrogen-bond donors (Lipinski definition) is 1. The van der Waals surface area contributed by atoms with Gasteiger partial charge in [0.15, 0.2) is 5.78 Å². The number of carboxylic acids is 1. The molecule has 2 aliphatic heterocycles. The number of aromatic carboxylic acids is 1. The number of rotatable bonds is 5. The van der Waals surface area contributed by atoms with Gasteiger partial charge in [0.1, 0.15) is 17.1 Å². The number of carbonyl (C=O) groups excluding carboxylic acids is 2. The van der Waals surface area contributed by atoms with Crippen LogP contribution in [0.15, 0.2) is 54.7 Å². The molecule has 3 heterocycles. The van der Waals surface area contributed by atoms with Gasteiger partial charge in [-0.2, -0.15) is 0 Å². The molecule has 43 heavy (non-hydrogen) atoms. The van der Waals surface area contributed by atoms with E-state index in [4.69, 9.17) is 9.47 Å². The Kier molecular flexibility index (Phi) is 6.34. The minimum atomic E-state index is -0.989. The highest BCUT2D eigenvalue weighted by molar-refractivity contribution is 6.03. The number of carboxylic acid groups (broad SMARTS) is 1. The second kappa shape index (κ2) is 10.0. The van der Waals surface area contributed by atoms with Crippen LogP contribution < -0.4 is 9.47 Å². The molecule has 1 N–H and O–H groups in total. The fourth-order valence-electron chi connectivity index (χ4n) is 6.81. The lowest BCUT2D eigenvalue weighted by atomic mass is 9.81. The van der Waals surface area contributed by atoms with Crippen LogP contribution in [0.4, 0.5) is 0 Å². The maximum Gasteiger partial charge on any atom is 0.335 e. The molecule has 0 atom stereocenters. The maximum absolute atomic E-state index is 13.7. The number of ether oxygens (including phenoxy) is 2. The van der Waals surface area contributed by atoms with Crippen molar-refractivity contribution >= 4 is 28.6 Å². The quantitative estimate of drug-likeness (QED) is 0.286. The van der Waals surface area contributed by atoms with Crippen LogP contribution in [0.5, 0.6) is 11.5 Å². The molecule has 1 spiro atoms. The van der Waals surface area contributed by atoms with Crippen molar-refractivity contribution in [1.29, 1.82) is 0 Å². The van der Waals surface area contributed by atoms with E-state index in [1.807, 2.05) is 42.2 Å². The molecule has 1 aliphatic carbocycles. The summed E-state index contributed by atoms with van der Waals surface area (Å²) in [6, 6.07) is 15.0. The molecule has 7 rings (SSSR count). The number of ketones is 1. The summed E-state index contributed by atoms with van der Waals surface area (Å²) in [4.78, 5) is 40.6. The summed E-state index contributed by atoms with van der Waals surface area (Å²) in [5, 5.41) is 10.5. The van der Waals surface area contributed by atoms with Crippen LogP contribution in [0.25, 0.3) is 22.0 Å². The Bertz CT molecular complexity index is 1820. The second-order valence-corrected chi connectivity index (χ2v) is 12.3. The summed E-state index contributed by atoms with van der Waals surface area (Å²) in [5.74, 6) is 0.227. The first-order chi connectivity index (χ1) is 20.6. The number of benzene rings is 3. The molecular weight excluding hydrogens is 544 g/mol. The normalized spacial score (nSPS) is 17.6. The monoisotopic (exact) mass is 578 g/mol. The number of fused-ring (bicyclic) bond motifs is 2. The topological polar surface area (TPSA) is 98.1 Å². The lowest BCUT2D eigenvalue weighted by Crippen LogP contribution is -2.52. The van der Waals surface area contributed by atoms with Crippen molar-refractivity contribution in [1.82, 2.24) is 9.47 Å². The number of aryl methyl sites for hydroxylation is 2. The number of carbonyl (C=O) groups is 3. The summed E-state index contributed by atoms with van der Waals surface area (Å²) >= 11 is 0. The molecule has 0 unspecified atom stereocenters. The van der Waals surface area contributed by atoms with E-state index in [9.17, 15) is 19.5 Å². The molecule has 8 nitrogen and oxygen atoms in total. The number of nitrogens with zero attached hydrogens (tertiary/aromatic N) is 2. The number of likely N-dealkylation sites (tertiary alicyclic amines) is 1. The Labute approximate surface area is 249 Å². The molecule has 1 saturated carbocycles. The van der Waals surface area contributed by atoms with E-state index in [2.05, 4.69) is 17.7 Å². The zero-order valence-corrected chi connectivity index (χ0v) is 24.6. The van der Waals surface area contributed by atoms with E-state index < -0.39 is 11.6 Å². The molecule has 1 amide bonds. The Morgan fingerprint density at radius 2 is 1.74 bits per heavy atom. The summed E-state index contributed by atoms with van der Waals surface area (Å²) in [5.41, 5.74) is 5.22. The van der Waals surface area contributed by atoms with Crippen molar-refractivity contribution in [3.05, 3.63) is 82.5 Å². The Morgan fingerprint density at radius 1 is 0.977 bits per heavy atom. The lowest BCUT2D eigenvalue weighted by molar-refractivity contribution is -0.00572. The van der Waals surface area contributed by atoms with Gasteiger partial charge in [-0.3, -0.25) is 9.59 Å². The van der Waals surface area contributed by atoms with Crippen molar-refractivity contribution in [3.8, 4) is 22.6 Å². The van der Waals surface area contributed by atoms with Crippen molar-refractivity contribution in [2.75, 3.05) is 20.2 Å². The SMILES string of the molecule is COc1cc(C(=O)N2CCC3(CC2)CC(=O)c2cc(-c4cc(C)cc(C(=O)O)c4)ccc2O3)cc2c1c(C)cn2C1CC1. The zero-order chi connectivity index (χ0) is 30.0. The predicted molar refractivity (Wildman–Crippen MR) is 163 cm³/mol. The highest BCUT2D eigenvalue weighted by Crippen LogP contribution is 2.43. The Hall–Kier alpha value is -4.59. The van der Waals surface area contributed by atoms with E-state index in [1.165, 1.54) is 0 Å². The Balaban J connectivity index is 1.10. The largest absolute Gasteiger partial charge is 0.496 e. The summed E-state index contributed by atoms with van der Waals surface area (Å²) in [6.45, 7) is 4.91. The van der Waals surface area contributed by atoms with Gasteiger partial charge < -0.3 is 24.0 Å². The molecule has 3 aliphatic rings. The van der Waals surface area contributed by atoms with Crippen LogP contribution in [0.3, 0.4) is 0 Å². The third-order valence-corrected chi connectivity index (χ3v) is 9.20. The molecule has 8 heteroatoms. The average Bonchev–Trinajstić information content (AvgIpc) is 3.79. The van der Waals surface area contributed by atoms with E-state index in [1.54, 1.807) is 25.3 Å². The number of aromatic nitrogens is 1. The number of piperidine rings is 1. The maximum atomic E-state index is 13.7. The molecule has 2 fully saturated rings. The molecular formula is C35H34N2O6. The minimum absolute atomic E-state index is 0.000355. The van der Waals surface area contributed by atoms with Gasteiger partial charge in [-0.25, -0.2) is 4.79 Å². The van der Waals surface area contributed by atoms with Crippen molar-refractivity contribution in [3.63, 3.8) is 0 Å². The van der Waals surface area contributed by atoms with Gasteiger partial charge >= 0.3 is 5.97 Å². The van der Waals surface area contributed by atoms with Gasteiger partial charge in [0.2, 0.25) is 0 Å². The number of Topliss-reactive ketones (excluding diaryl/α,β-unsaturated/α-hetero) is 1. The lowest BCUT2D eigenvalue weighted by Gasteiger charge is -2.44. The molecule has 4 aromatic rings. The molecule has 0 radical (unpaired) electrons. The summed E-state index contributed by atoms with van der Waals surface area (Å²) in [7, 11) is 1.65. The van der Waals surface area contributed by atoms with E-state index in [-0.39, 0.29) is 23.7 Å². The summed E-state index contributed by atoms with van der Waals surface area (Å²) < 4.78 is 14.5. The number of amides is 1. The van der Waals surface area contributed by atoms with Crippen LogP contribution in [0.1, 0.15) is 80.3 Å². The standard InChI is InChI=1S/C35H34N2O6/c1-20-12-23(14-25(13-20)34(40)41)22-4-7-30-27(15-22)29(38)18-35(43-30)8-10-36(11-9-35)33(39)24-16-28-32(31(17-24)42-3)21(2)19-37(28)26-5-6-26/h4,7,12-17,19,26H,5-6,8-11,18H2,1-3H3,(H,40,41). The highest BCUT2D eigenvalue weighted by Gasteiger charge is 2.44. The van der Waals surface area contributed by atoms with Crippen molar-refractivity contribution in [2.45, 2.75) is 57.6 Å². The van der Waals surface area contributed by atoms with Gasteiger partial charge in [0.25, 0.3) is 5.91 Å². The molecule has 0 bridgehead atoms. The van der Waals surface area contributed by atoms with Gasteiger partial charge in [-0.05, 0) is 85.3 Å². The van der Waals surface area contributed by atoms with Gasteiger partial charge in [0.05, 0.1) is 30.2 Å². The number of methoxy groups -OCH3 is 1. The molecule has 220 valence electrons. The first-order valence-corrected chi connectivity index (χ1v) is 14.8. The average molecular weight is 579 g/mol. The van der Waals surface area contributed by atoms with Crippen LogP contribution in [0, 0.1) is 13.8 Å². The first kappa shape index (κ1) is 27.3. The van der Waals surface area contributed by atoms with E-state index in [0.29, 0.717) is 54.6 Å². The fraction of sp³-hybridized carbons (Fsp3) is 0.343. The third kappa shape index (κ3) is 4.75. The second-order valence-electron chi connectivity index (χ2n) is 12.3. The highest BCUT2D eigenvalue weighted by atomic mass is 16.5. The van der Waals surface area contributed by atoms with E-state index in [0.717, 1.165) is 46.0 Å². The zero-order valence-electron chi connectivity index (χ0n) is 24.6. The third-order valence-electron chi connectivity index (χ3n) is 9.20. The Morgan fingerprint density at radius 3 is 2.44 bits per heavy atom. The first-order valence-electron chi connectivity index (χ1n) is 14.8. The minimum Gasteiger partial charge on any atom is -0.496 e. The van der Waals surface area contributed by atoms with Crippen LogP contribution in [0.2, 0.25) is 0 Å². The van der Waals surface area contributed by atoms with Crippen LogP contribution >= 0.6 is 0 Å². The van der Waals surface area contributed by atoms with Gasteiger partial charge in [-0.1, -0.05) is 12.1 Å². The van der Waals surface area contributed by atoms with Crippen molar-refractivity contribution < 1.29 is 29.0 Å². The summed E-state index contributed by atoms with van der Waals surface area (Å²) in [6.07, 6.45) is 5.83. The smallest absolute Gasteiger partial charge is 0.335 e. The van der Waals surface area contributed by atoms with Crippen LogP contribution in [-0.4, -0.2) is 58.0 Å². The van der Waals surface area contributed by atoms with Gasteiger partial charge in [0, 0.05) is 49.1 Å².